The van der Waals surface area contributed by atoms with Crippen LogP contribution in [0.3, 0.4) is 0 Å². The Morgan fingerprint density at radius 1 is 0.500 bits per heavy atom. The number of unbranched alkanes of at least 4 members (excludes halogenated alkanes) is 36. The van der Waals surface area contributed by atoms with Gasteiger partial charge in [-0.25, -0.2) is 0 Å². The molecule has 0 saturated carbocycles. The highest BCUT2D eigenvalue weighted by Crippen LogP contribution is 2.38. The third-order valence-corrected chi connectivity index (χ3v) is 15.0. The van der Waals surface area contributed by atoms with Gasteiger partial charge in [0.05, 0.1) is 39.9 Å². The molecule has 0 aliphatic heterocycles. The summed E-state index contributed by atoms with van der Waals surface area (Å²) >= 11 is 0. The number of likely N-dealkylation sites (N-methyl/N-ethyl adjacent to an activating group) is 1. The number of hydrogen-bond donors (Lipinski definition) is 2. The van der Waals surface area contributed by atoms with Crippen molar-refractivity contribution in [2.75, 3.05) is 40.9 Å². The molecule has 0 aliphatic rings. The minimum Gasteiger partial charge on any atom is -0.756 e. The Morgan fingerprint density at radius 3 is 1.24 bits per heavy atom. The van der Waals surface area contributed by atoms with Gasteiger partial charge in [0, 0.05) is 6.42 Å². The van der Waals surface area contributed by atoms with Crippen molar-refractivity contribution in [2.45, 2.75) is 309 Å². The summed E-state index contributed by atoms with van der Waals surface area (Å²) in [4.78, 5) is 25.5. The highest BCUT2D eigenvalue weighted by molar-refractivity contribution is 7.45. The number of carbonyl (C=O) groups is 1. The second-order valence-corrected chi connectivity index (χ2v) is 23.8. The highest BCUT2D eigenvalue weighted by atomic mass is 31.2. The van der Waals surface area contributed by atoms with Crippen LogP contribution in [0, 0.1) is 0 Å². The van der Waals surface area contributed by atoms with Crippen LogP contribution in [-0.4, -0.2) is 68.5 Å². The van der Waals surface area contributed by atoms with E-state index in [0.29, 0.717) is 23.9 Å². The molecule has 0 aliphatic carbocycles. The van der Waals surface area contributed by atoms with Crippen molar-refractivity contribution in [2.24, 2.45) is 0 Å². The molecule has 1 amide bonds. The maximum atomic E-state index is 13.0. The van der Waals surface area contributed by atoms with Crippen molar-refractivity contribution in [1.29, 1.82) is 0 Å². The molecule has 424 valence electrons. The van der Waals surface area contributed by atoms with Gasteiger partial charge in [-0.05, 0) is 51.4 Å². The molecule has 3 atom stereocenters. The summed E-state index contributed by atoms with van der Waals surface area (Å²) in [6, 6.07) is -0.798. The first kappa shape index (κ1) is 70.5. The van der Waals surface area contributed by atoms with Crippen LogP contribution < -0.4 is 10.2 Å². The fourth-order valence-electron chi connectivity index (χ4n) is 9.27. The Morgan fingerprint density at radius 2 is 0.847 bits per heavy atom. The number of phosphoric acid groups is 1. The molecule has 3 unspecified atom stereocenters. The normalized spacial score (nSPS) is 14.2. The zero-order valence-electron chi connectivity index (χ0n) is 48.4. The van der Waals surface area contributed by atoms with Gasteiger partial charge >= 0.3 is 0 Å². The van der Waals surface area contributed by atoms with E-state index in [1.54, 1.807) is 0 Å². The number of carbonyl (C=O) groups excluding carboxylic acids is 1. The summed E-state index contributed by atoms with van der Waals surface area (Å²) in [5, 5.41) is 14.0. The molecule has 0 bridgehead atoms. The van der Waals surface area contributed by atoms with E-state index < -0.39 is 20.0 Å². The average molecular weight is 1030 g/mol. The number of amides is 1. The quantitative estimate of drug-likeness (QED) is 0.0272. The number of hydrogen-bond acceptors (Lipinski definition) is 6. The zero-order chi connectivity index (χ0) is 52.7. The first-order valence-corrected chi connectivity index (χ1v) is 32.4. The summed E-state index contributed by atoms with van der Waals surface area (Å²) in [5.74, 6) is -0.160. The van der Waals surface area contributed by atoms with Gasteiger partial charge in [-0.2, -0.15) is 0 Å². The van der Waals surface area contributed by atoms with Crippen molar-refractivity contribution >= 4 is 13.7 Å². The molecular weight excluding hydrogens is 912 g/mol. The van der Waals surface area contributed by atoms with E-state index in [-0.39, 0.29) is 19.1 Å². The molecule has 0 aromatic carbocycles. The maximum absolute atomic E-state index is 13.0. The number of allylic oxidation sites excluding steroid dienone is 8. The SMILES string of the molecule is CC/C=C\C/C=C\C/C=C\C/C=C\CCCCCCCCCCCCCCCCCCCCCCCCCCC(=O)NC(COP(=O)([O-])OCC[N+](C)(C)C)C(O)CCCCCCCCCCCCCCC. The smallest absolute Gasteiger partial charge is 0.268 e. The Labute approximate surface area is 448 Å². The first-order chi connectivity index (χ1) is 35.0. The molecule has 0 heterocycles. The van der Waals surface area contributed by atoms with E-state index in [1.165, 1.54) is 205 Å². The second-order valence-electron chi connectivity index (χ2n) is 22.4. The Kier molecular flexibility index (Phi) is 53.1. The zero-order valence-corrected chi connectivity index (χ0v) is 49.3. The summed E-state index contributed by atoms with van der Waals surface area (Å²) in [5.41, 5.74) is 0. The molecule has 0 saturated heterocycles. The minimum absolute atomic E-state index is 0.0139. The Bertz CT molecular complexity index is 1310. The highest BCUT2D eigenvalue weighted by Gasteiger charge is 2.24. The summed E-state index contributed by atoms with van der Waals surface area (Å²) in [6.45, 7) is 4.63. The van der Waals surface area contributed by atoms with E-state index in [1.807, 2.05) is 21.1 Å². The molecule has 0 rings (SSSR count). The summed E-state index contributed by atoms with van der Waals surface area (Å²) in [6.07, 6.45) is 71.8. The van der Waals surface area contributed by atoms with Crippen LogP contribution in [0.2, 0.25) is 0 Å². The topological polar surface area (TPSA) is 108 Å². The number of aliphatic hydroxyl groups excluding tert-OH is 1. The third kappa shape index (κ3) is 56.2. The van der Waals surface area contributed by atoms with Crippen LogP contribution in [0.15, 0.2) is 48.6 Å². The van der Waals surface area contributed by atoms with Crippen LogP contribution in [0.1, 0.15) is 296 Å². The molecule has 8 nitrogen and oxygen atoms in total. The summed E-state index contributed by atoms with van der Waals surface area (Å²) < 4.78 is 23.4. The van der Waals surface area contributed by atoms with Gasteiger partial charge < -0.3 is 28.8 Å². The number of quaternary nitrogens is 1. The minimum atomic E-state index is -4.57. The van der Waals surface area contributed by atoms with Crippen LogP contribution >= 0.6 is 7.82 Å². The van der Waals surface area contributed by atoms with E-state index in [9.17, 15) is 19.4 Å². The maximum Gasteiger partial charge on any atom is 0.268 e. The van der Waals surface area contributed by atoms with E-state index in [2.05, 4.69) is 67.8 Å². The first-order valence-electron chi connectivity index (χ1n) is 31.0. The third-order valence-electron chi connectivity index (χ3n) is 14.1. The van der Waals surface area contributed by atoms with Gasteiger partial charge in [0.15, 0.2) is 0 Å². The number of nitrogens with zero attached hydrogens (tertiary/aromatic N) is 1. The fraction of sp³-hybridized carbons (Fsp3) is 0.857. The van der Waals surface area contributed by atoms with Crippen LogP contribution in [0.4, 0.5) is 0 Å². The van der Waals surface area contributed by atoms with E-state index in [0.717, 1.165) is 64.2 Å². The molecule has 2 N–H and O–H groups in total. The monoisotopic (exact) mass is 1030 g/mol. The second kappa shape index (κ2) is 54.3. The largest absolute Gasteiger partial charge is 0.756 e. The van der Waals surface area contributed by atoms with Gasteiger partial charge in [-0.1, -0.05) is 287 Å². The van der Waals surface area contributed by atoms with Crippen molar-refractivity contribution in [3.05, 3.63) is 48.6 Å². The van der Waals surface area contributed by atoms with Gasteiger partial charge in [0.25, 0.3) is 7.82 Å². The molecule has 0 fully saturated rings. The van der Waals surface area contributed by atoms with Crippen LogP contribution in [-0.2, 0) is 18.4 Å². The number of rotatable bonds is 57. The lowest BCUT2D eigenvalue weighted by molar-refractivity contribution is -0.870. The van der Waals surface area contributed by atoms with Crippen molar-refractivity contribution in [3.63, 3.8) is 0 Å². The lowest BCUT2D eigenvalue weighted by Gasteiger charge is -2.30. The number of aliphatic hydroxyl groups is 1. The van der Waals surface area contributed by atoms with Crippen molar-refractivity contribution < 1.29 is 32.9 Å². The summed E-state index contributed by atoms with van der Waals surface area (Å²) in [7, 11) is 1.32. The number of nitrogens with one attached hydrogen (secondary N) is 1. The van der Waals surface area contributed by atoms with Gasteiger partial charge in [-0.3, -0.25) is 9.36 Å². The van der Waals surface area contributed by atoms with Crippen molar-refractivity contribution in [1.82, 2.24) is 5.32 Å². The van der Waals surface area contributed by atoms with Crippen molar-refractivity contribution in [3.8, 4) is 0 Å². The fourth-order valence-corrected chi connectivity index (χ4v) is 9.99. The molecule has 0 aromatic rings. The van der Waals surface area contributed by atoms with Crippen LogP contribution in [0.25, 0.3) is 0 Å². The lowest BCUT2D eigenvalue weighted by atomic mass is 10.0. The van der Waals surface area contributed by atoms with Gasteiger partial charge in [-0.15, -0.1) is 0 Å². The van der Waals surface area contributed by atoms with Gasteiger partial charge in [0.1, 0.15) is 13.2 Å². The van der Waals surface area contributed by atoms with Crippen LogP contribution in [0.5, 0.6) is 0 Å². The molecule has 72 heavy (non-hydrogen) atoms. The lowest BCUT2D eigenvalue weighted by Crippen LogP contribution is -2.46. The molecular formula is C63H121N2O6P. The predicted molar refractivity (Wildman–Crippen MR) is 311 cm³/mol. The van der Waals surface area contributed by atoms with E-state index in [4.69, 9.17) is 9.05 Å². The number of phosphoric ester groups is 1. The Balaban J connectivity index is 3.88. The average Bonchev–Trinajstić information content (AvgIpc) is 3.34. The predicted octanol–water partition coefficient (Wildman–Crippen LogP) is 18.5. The van der Waals surface area contributed by atoms with Gasteiger partial charge in [0.2, 0.25) is 5.91 Å². The molecule has 0 aromatic heterocycles. The molecule has 0 spiro atoms. The standard InChI is InChI=1S/C63H121N2O6P/c1-6-8-10-12-14-16-18-20-21-22-23-24-25-26-27-28-29-30-31-32-33-34-35-36-37-38-39-40-41-42-43-45-47-49-51-53-55-57-63(67)64-61(60-71-72(68,69)70-59-58-65(3,4)5)62(66)56-54-52-50-48-46-44-19-17-15-13-11-9-7-2/h8,10,14,16,20-21,23-24,61-62,66H,6-7,9,11-13,15,17-19,22,25-60H2,1-5H3,(H-,64,67,68,69)/b10-8-,16-14-,21-20-,24-23-. The van der Waals surface area contributed by atoms with E-state index >= 15 is 0 Å². The molecule has 0 radical (unpaired) electrons. The Hall–Kier alpha value is -1.54. The molecule has 9 heteroatoms.